The molecule has 1 aromatic heterocycles. The fraction of sp³-hybridized carbons (Fsp3) is 0.444. The summed E-state index contributed by atoms with van der Waals surface area (Å²) in [6, 6.07) is 10.6. The lowest BCUT2D eigenvalue weighted by Crippen LogP contribution is -2.23. The van der Waals surface area contributed by atoms with E-state index in [4.69, 9.17) is 4.98 Å². The molecule has 2 N–H and O–H groups in total. The van der Waals surface area contributed by atoms with Crippen molar-refractivity contribution < 1.29 is 0 Å². The van der Waals surface area contributed by atoms with Crippen LogP contribution in [0, 0.1) is 0 Å². The molecule has 1 atom stereocenters. The van der Waals surface area contributed by atoms with E-state index in [9.17, 15) is 0 Å². The highest BCUT2D eigenvalue weighted by Gasteiger charge is 2.23. The molecule has 0 spiro atoms. The van der Waals surface area contributed by atoms with Crippen LogP contribution in [0.2, 0.25) is 0 Å². The van der Waals surface area contributed by atoms with Gasteiger partial charge >= 0.3 is 0 Å². The van der Waals surface area contributed by atoms with Crippen LogP contribution in [0.1, 0.15) is 48.9 Å². The average molecular weight is 294 g/mol. The zero-order valence-electron chi connectivity index (χ0n) is 12.8. The number of fused-ring (bicyclic) bond motifs is 1. The summed E-state index contributed by atoms with van der Waals surface area (Å²) in [5, 5.41) is 7.00. The lowest BCUT2D eigenvalue weighted by atomic mass is 9.85. The molecule has 2 aromatic rings. The Kier molecular flexibility index (Phi) is 3.67. The number of nitrogens with zero attached hydrogens (tertiary/aromatic N) is 2. The predicted octanol–water partition coefficient (Wildman–Crippen LogP) is 3.76. The third-order valence-corrected chi connectivity index (χ3v) is 4.88. The van der Waals surface area contributed by atoms with E-state index in [2.05, 4.69) is 39.9 Å². The molecule has 0 radical (unpaired) electrons. The van der Waals surface area contributed by atoms with Gasteiger partial charge in [-0.1, -0.05) is 24.6 Å². The second kappa shape index (κ2) is 5.95. The molecular weight excluding hydrogens is 272 g/mol. The summed E-state index contributed by atoms with van der Waals surface area (Å²) in [5.74, 6) is 3.11. The molecule has 1 aliphatic heterocycles. The van der Waals surface area contributed by atoms with Gasteiger partial charge in [0.25, 0.3) is 0 Å². The van der Waals surface area contributed by atoms with Gasteiger partial charge in [0, 0.05) is 36.8 Å². The summed E-state index contributed by atoms with van der Waals surface area (Å²) in [7, 11) is 0. The summed E-state index contributed by atoms with van der Waals surface area (Å²) in [6.07, 6.45) is 6.84. The van der Waals surface area contributed by atoms with Gasteiger partial charge in [0.2, 0.25) is 0 Å². The Morgan fingerprint density at radius 2 is 2.05 bits per heavy atom. The molecular formula is C18H22N4. The molecule has 4 rings (SSSR count). The van der Waals surface area contributed by atoms with Gasteiger partial charge < -0.3 is 10.6 Å². The second-order valence-electron chi connectivity index (χ2n) is 6.31. The first-order chi connectivity index (χ1) is 10.9. The van der Waals surface area contributed by atoms with Crippen molar-refractivity contribution in [3.05, 3.63) is 47.9 Å². The molecule has 22 heavy (non-hydrogen) atoms. The number of hydrogen-bond acceptors (Lipinski definition) is 4. The Labute approximate surface area is 131 Å². The zero-order chi connectivity index (χ0) is 14.8. The number of rotatable bonds is 4. The van der Waals surface area contributed by atoms with E-state index in [0.29, 0.717) is 11.8 Å². The van der Waals surface area contributed by atoms with Gasteiger partial charge in [-0.15, -0.1) is 0 Å². The van der Waals surface area contributed by atoms with Gasteiger partial charge in [-0.25, -0.2) is 9.97 Å². The summed E-state index contributed by atoms with van der Waals surface area (Å²) in [4.78, 5) is 9.13. The molecule has 1 unspecified atom stereocenters. The zero-order valence-corrected chi connectivity index (χ0v) is 12.8. The van der Waals surface area contributed by atoms with E-state index in [-0.39, 0.29) is 0 Å². The average Bonchev–Trinajstić information content (AvgIpc) is 2.52. The van der Waals surface area contributed by atoms with Crippen molar-refractivity contribution in [1.29, 1.82) is 0 Å². The Morgan fingerprint density at radius 1 is 1.14 bits per heavy atom. The van der Waals surface area contributed by atoms with E-state index in [1.54, 1.807) is 0 Å². The maximum atomic E-state index is 4.70. The molecule has 0 saturated heterocycles. The molecule has 1 fully saturated rings. The molecule has 114 valence electrons. The quantitative estimate of drug-likeness (QED) is 0.901. The van der Waals surface area contributed by atoms with Crippen LogP contribution < -0.4 is 10.6 Å². The molecule has 2 aliphatic rings. The van der Waals surface area contributed by atoms with Crippen LogP contribution in [0.3, 0.4) is 0 Å². The van der Waals surface area contributed by atoms with E-state index in [0.717, 1.165) is 31.2 Å². The topological polar surface area (TPSA) is 49.8 Å². The van der Waals surface area contributed by atoms with Crippen LogP contribution in [0.4, 0.5) is 11.5 Å². The highest BCUT2D eigenvalue weighted by Crippen LogP contribution is 2.35. The van der Waals surface area contributed by atoms with Crippen LogP contribution in [0.25, 0.3) is 0 Å². The normalized spacial score (nSPS) is 20.6. The minimum Gasteiger partial charge on any atom is -0.385 e. The van der Waals surface area contributed by atoms with Gasteiger partial charge in [-0.2, -0.15) is 0 Å². The molecule has 1 aliphatic carbocycles. The largest absolute Gasteiger partial charge is 0.385 e. The minimum absolute atomic E-state index is 0.541. The third-order valence-electron chi connectivity index (χ3n) is 4.88. The lowest BCUT2D eigenvalue weighted by Gasteiger charge is -2.27. The molecule has 1 saturated carbocycles. The minimum atomic E-state index is 0.541. The Bertz CT molecular complexity index is 651. The molecule has 0 amide bonds. The highest BCUT2D eigenvalue weighted by atomic mass is 15.0. The number of nitrogens with one attached hydrogen (secondary N) is 2. The van der Waals surface area contributed by atoms with Crippen LogP contribution in [-0.4, -0.2) is 23.1 Å². The molecule has 0 bridgehead atoms. The Hall–Kier alpha value is -2.10. The van der Waals surface area contributed by atoms with Crippen molar-refractivity contribution in [1.82, 2.24) is 9.97 Å². The Balaban J connectivity index is 1.45. The maximum Gasteiger partial charge on any atom is 0.133 e. The fourth-order valence-corrected chi connectivity index (χ4v) is 3.33. The molecule has 4 heteroatoms. The van der Waals surface area contributed by atoms with Crippen molar-refractivity contribution in [3.8, 4) is 0 Å². The lowest BCUT2D eigenvalue weighted by molar-refractivity contribution is 0.401. The van der Waals surface area contributed by atoms with Gasteiger partial charge in [-0.3, -0.25) is 0 Å². The molecule has 4 nitrogen and oxygen atoms in total. The third kappa shape index (κ3) is 2.65. The first kappa shape index (κ1) is 13.6. The number of hydrogen-bond donors (Lipinski definition) is 2. The molecule has 1 aromatic carbocycles. The first-order valence-corrected chi connectivity index (χ1v) is 8.30. The monoisotopic (exact) mass is 294 g/mol. The SMILES string of the molecule is c1ccc2c(c1)NCCC2CNc1ccnc(C2CCC2)n1. The van der Waals surface area contributed by atoms with E-state index < -0.39 is 0 Å². The first-order valence-electron chi connectivity index (χ1n) is 8.30. The Morgan fingerprint density at radius 3 is 2.91 bits per heavy atom. The van der Waals surface area contributed by atoms with Gasteiger partial charge in [0.05, 0.1) is 0 Å². The second-order valence-corrected chi connectivity index (χ2v) is 6.31. The predicted molar refractivity (Wildman–Crippen MR) is 89.4 cm³/mol. The number of aromatic nitrogens is 2. The van der Waals surface area contributed by atoms with Crippen molar-refractivity contribution in [2.24, 2.45) is 0 Å². The van der Waals surface area contributed by atoms with Crippen LogP contribution in [-0.2, 0) is 0 Å². The summed E-state index contributed by atoms with van der Waals surface area (Å²) >= 11 is 0. The summed E-state index contributed by atoms with van der Waals surface area (Å²) in [5.41, 5.74) is 2.69. The van der Waals surface area contributed by atoms with Crippen LogP contribution in [0.15, 0.2) is 36.5 Å². The number of para-hydroxylation sites is 1. The van der Waals surface area contributed by atoms with Crippen molar-refractivity contribution in [2.75, 3.05) is 23.7 Å². The van der Waals surface area contributed by atoms with E-state index >= 15 is 0 Å². The van der Waals surface area contributed by atoms with Crippen molar-refractivity contribution >= 4 is 11.5 Å². The van der Waals surface area contributed by atoms with Crippen molar-refractivity contribution in [2.45, 2.75) is 37.5 Å². The summed E-state index contributed by atoms with van der Waals surface area (Å²) < 4.78 is 0. The smallest absolute Gasteiger partial charge is 0.133 e. The number of anilines is 2. The summed E-state index contributed by atoms with van der Waals surface area (Å²) in [6.45, 7) is 1.97. The highest BCUT2D eigenvalue weighted by molar-refractivity contribution is 5.55. The van der Waals surface area contributed by atoms with Crippen molar-refractivity contribution in [3.63, 3.8) is 0 Å². The van der Waals surface area contributed by atoms with E-state index in [1.807, 2.05) is 12.3 Å². The van der Waals surface area contributed by atoms with Crippen LogP contribution >= 0.6 is 0 Å². The maximum absolute atomic E-state index is 4.70. The number of benzene rings is 1. The van der Waals surface area contributed by atoms with Gasteiger partial charge in [0.1, 0.15) is 11.6 Å². The van der Waals surface area contributed by atoms with E-state index in [1.165, 1.54) is 30.5 Å². The fourth-order valence-electron chi connectivity index (χ4n) is 3.33. The standard InChI is InChI=1S/C18H22N4/c1-2-7-16-15(6-1)14(8-10-19-16)12-21-17-9-11-20-18(22-17)13-4-3-5-13/h1-2,6-7,9,11,13-14,19H,3-5,8,10,12H2,(H,20,21,22). The van der Waals surface area contributed by atoms with Crippen LogP contribution in [0.5, 0.6) is 0 Å². The molecule has 2 heterocycles. The van der Waals surface area contributed by atoms with Gasteiger partial charge in [0.15, 0.2) is 0 Å². The van der Waals surface area contributed by atoms with Gasteiger partial charge in [-0.05, 0) is 37.0 Å².